The van der Waals surface area contributed by atoms with Gasteiger partial charge < -0.3 is 9.53 Å². The van der Waals surface area contributed by atoms with E-state index in [1.807, 2.05) is 16.2 Å². The fourth-order valence-electron chi connectivity index (χ4n) is 2.02. The van der Waals surface area contributed by atoms with Crippen LogP contribution < -0.4 is 4.43 Å². The fourth-order valence-corrected chi connectivity index (χ4v) is 4.98. The molecule has 0 radical (unpaired) electrons. The standard InChI is InChI=1S/C14H21IO2Si/c1-4-18(5-2,6-3)17-14-11-13(16)8-7-12(14)9-10-15/h7-11,16H,4-6H2,1-3H3. The van der Waals surface area contributed by atoms with E-state index in [4.69, 9.17) is 4.43 Å². The van der Waals surface area contributed by atoms with Crippen molar-refractivity contribution in [3.05, 3.63) is 27.8 Å². The zero-order valence-corrected chi connectivity index (χ0v) is 14.4. The fraction of sp³-hybridized carbons (Fsp3) is 0.429. The van der Waals surface area contributed by atoms with Gasteiger partial charge in [0.15, 0.2) is 0 Å². The highest BCUT2D eigenvalue weighted by atomic mass is 127. The van der Waals surface area contributed by atoms with E-state index in [-0.39, 0.29) is 5.75 Å². The van der Waals surface area contributed by atoms with Gasteiger partial charge in [-0.1, -0.05) is 43.4 Å². The molecule has 0 atom stereocenters. The second kappa shape index (κ2) is 7.18. The van der Waals surface area contributed by atoms with E-state index in [1.165, 1.54) is 0 Å². The third-order valence-electron chi connectivity index (χ3n) is 3.50. The average molecular weight is 376 g/mol. The number of aromatic hydroxyl groups is 1. The van der Waals surface area contributed by atoms with E-state index in [2.05, 4.69) is 43.4 Å². The minimum atomic E-state index is -1.69. The summed E-state index contributed by atoms with van der Waals surface area (Å²) in [4.78, 5) is 0. The Hall–Kier alpha value is -0.493. The molecule has 1 rings (SSSR count). The lowest BCUT2D eigenvalue weighted by Crippen LogP contribution is -2.39. The Morgan fingerprint density at radius 1 is 1.22 bits per heavy atom. The molecule has 0 saturated heterocycles. The van der Waals surface area contributed by atoms with Crippen LogP contribution in [0.4, 0.5) is 0 Å². The molecule has 4 heteroatoms. The van der Waals surface area contributed by atoms with Gasteiger partial charge in [0.2, 0.25) is 0 Å². The van der Waals surface area contributed by atoms with Gasteiger partial charge in [-0.2, -0.15) is 0 Å². The van der Waals surface area contributed by atoms with Gasteiger partial charge in [0.05, 0.1) is 0 Å². The molecule has 1 N–H and O–H groups in total. The van der Waals surface area contributed by atoms with Crippen LogP contribution in [-0.4, -0.2) is 13.4 Å². The summed E-state index contributed by atoms with van der Waals surface area (Å²) in [6.07, 6.45) is 2.01. The van der Waals surface area contributed by atoms with Crippen molar-refractivity contribution in [2.45, 2.75) is 38.9 Å². The number of halogens is 1. The topological polar surface area (TPSA) is 29.5 Å². The van der Waals surface area contributed by atoms with E-state index in [9.17, 15) is 5.11 Å². The van der Waals surface area contributed by atoms with Gasteiger partial charge in [0.25, 0.3) is 8.32 Å². The van der Waals surface area contributed by atoms with Gasteiger partial charge in [0, 0.05) is 11.6 Å². The van der Waals surface area contributed by atoms with Crippen LogP contribution in [0.1, 0.15) is 26.3 Å². The number of hydrogen-bond donors (Lipinski definition) is 1. The molecule has 0 spiro atoms. The molecular weight excluding hydrogens is 355 g/mol. The zero-order chi connectivity index (χ0) is 13.6. The normalized spacial score (nSPS) is 12.0. The van der Waals surface area contributed by atoms with Crippen molar-refractivity contribution in [1.82, 2.24) is 0 Å². The average Bonchev–Trinajstić information content (AvgIpc) is 2.39. The van der Waals surface area contributed by atoms with Crippen LogP contribution in [-0.2, 0) is 0 Å². The predicted octanol–water partition coefficient (Wildman–Crippen LogP) is 5.18. The smallest absolute Gasteiger partial charge is 0.250 e. The summed E-state index contributed by atoms with van der Waals surface area (Å²) >= 11 is 2.19. The lowest BCUT2D eigenvalue weighted by Gasteiger charge is -2.29. The maximum Gasteiger partial charge on any atom is 0.250 e. The molecule has 0 aromatic heterocycles. The molecular formula is C14H21IO2Si. The van der Waals surface area contributed by atoms with Gasteiger partial charge in [-0.05, 0) is 40.4 Å². The first-order chi connectivity index (χ1) is 8.60. The van der Waals surface area contributed by atoms with Crippen molar-refractivity contribution >= 4 is 37.0 Å². The molecule has 0 amide bonds. The minimum absolute atomic E-state index is 0.266. The van der Waals surface area contributed by atoms with Gasteiger partial charge in [0.1, 0.15) is 11.5 Å². The summed E-state index contributed by atoms with van der Waals surface area (Å²) in [7, 11) is -1.69. The van der Waals surface area contributed by atoms with Crippen LogP contribution >= 0.6 is 22.6 Å². The second-order valence-electron chi connectivity index (χ2n) is 4.36. The maximum atomic E-state index is 9.63. The molecule has 18 heavy (non-hydrogen) atoms. The van der Waals surface area contributed by atoms with Crippen LogP contribution in [0.3, 0.4) is 0 Å². The quantitative estimate of drug-likeness (QED) is 0.548. The van der Waals surface area contributed by atoms with Gasteiger partial charge >= 0.3 is 0 Å². The summed E-state index contributed by atoms with van der Waals surface area (Å²) < 4.78 is 8.30. The van der Waals surface area contributed by atoms with Crippen LogP contribution in [0, 0.1) is 0 Å². The molecule has 1 aromatic rings. The Balaban J connectivity index is 3.11. The Kier molecular flexibility index (Phi) is 6.21. The van der Waals surface area contributed by atoms with Crippen LogP contribution in [0.2, 0.25) is 18.1 Å². The largest absolute Gasteiger partial charge is 0.543 e. The van der Waals surface area contributed by atoms with E-state index >= 15 is 0 Å². The number of benzene rings is 1. The molecule has 1 aromatic carbocycles. The minimum Gasteiger partial charge on any atom is -0.543 e. The highest BCUT2D eigenvalue weighted by Crippen LogP contribution is 2.31. The maximum absolute atomic E-state index is 9.63. The number of phenolic OH excluding ortho intramolecular Hbond substituents is 1. The lowest BCUT2D eigenvalue weighted by atomic mass is 10.2. The summed E-state index contributed by atoms with van der Waals surface area (Å²) in [5.41, 5.74) is 1.04. The van der Waals surface area contributed by atoms with Crippen molar-refractivity contribution in [3.8, 4) is 11.5 Å². The number of hydrogen-bond acceptors (Lipinski definition) is 2. The van der Waals surface area contributed by atoms with E-state index in [0.717, 1.165) is 29.4 Å². The van der Waals surface area contributed by atoms with Crippen LogP contribution in [0.15, 0.2) is 22.3 Å². The van der Waals surface area contributed by atoms with Crippen molar-refractivity contribution in [3.63, 3.8) is 0 Å². The monoisotopic (exact) mass is 376 g/mol. The van der Waals surface area contributed by atoms with Crippen LogP contribution in [0.5, 0.6) is 11.5 Å². The molecule has 0 aliphatic heterocycles. The highest BCUT2D eigenvalue weighted by Gasteiger charge is 2.31. The molecule has 0 bridgehead atoms. The van der Waals surface area contributed by atoms with Crippen LogP contribution in [0.25, 0.3) is 6.08 Å². The first-order valence-electron chi connectivity index (χ1n) is 6.39. The summed E-state index contributed by atoms with van der Waals surface area (Å²) in [6.45, 7) is 6.61. The molecule has 0 unspecified atom stereocenters. The number of rotatable bonds is 6. The highest BCUT2D eigenvalue weighted by molar-refractivity contribution is 14.1. The third kappa shape index (κ3) is 3.75. The van der Waals surface area contributed by atoms with E-state index < -0.39 is 8.32 Å². The Labute approximate surface area is 124 Å². The second-order valence-corrected chi connectivity index (χ2v) is 9.77. The van der Waals surface area contributed by atoms with Crippen molar-refractivity contribution in [2.24, 2.45) is 0 Å². The summed E-state index contributed by atoms with van der Waals surface area (Å²) in [5.74, 6) is 1.09. The Bertz CT molecular complexity index is 406. The summed E-state index contributed by atoms with van der Waals surface area (Å²) in [6, 6.07) is 8.63. The van der Waals surface area contributed by atoms with E-state index in [0.29, 0.717) is 0 Å². The Morgan fingerprint density at radius 3 is 2.33 bits per heavy atom. The SMILES string of the molecule is CC[Si](CC)(CC)Oc1cc(O)ccc1C=CI. The molecule has 0 aliphatic rings. The molecule has 0 heterocycles. The van der Waals surface area contributed by atoms with E-state index in [1.54, 1.807) is 12.1 Å². The zero-order valence-electron chi connectivity index (χ0n) is 11.2. The molecule has 2 nitrogen and oxygen atoms in total. The predicted molar refractivity (Wildman–Crippen MR) is 89.0 cm³/mol. The summed E-state index contributed by atoms with van der Waals surface area (Å²) in [5, 5.41) is 9.63. The molecule has 0 aliphatic carbocycles. The van der Waals surface area contributed by atoms with Crippen molar-refractivity contribution in [2.75, 3.05) is 0 Å². The third-order valence-corrected chi connectivity index (χ3v) is 8.38. The lowest BCUT2D eigenvalue weighted by molar-refractivity contribution is 0.467. The van der Waals surface area contributed by atoms with Gasteiger partial charge in [-0.15, -0.1) is 0 Å². The first kappa shape index (κ1) is 15.6. The molecule has 100 valence electrons. The Morgan fingerprint density at radius 2 is 1.83 bits per heavy atom. The first-order valence-corrected chi connectivity index (χ1v) is 10.2. The van der Waals surface area contributed by atoms with Gasteiger partial charge in [-0.25, -0.2) is 0 Å². The number of phenols is 1. The van der Waals surface area contributed by atoms with Gasteiger partial charge in [-0.3, -0.25) is 0 Å². The van der Waals surface area contributed by atoms with Crippen molar-refractivity contribution in [1.29, 1.82) is 0 Å². The molecule has 0 saturated carbocycles. The van der Waals surface area contributed by atoms with Crippen molar-refractivity contribution < 1.29 is 9.53 Å². The molecule has 0 fully saturated rings.